The third kappa shape index (κ3) is 5.18. The van der Waals surface area contributed by atoms with Gasteiger partial charge in [-0.05, 0) is 51.2 Å². The van der Waals surface area contributed by atoms with Gasteiger partial charge in [-0.25, -0.2) is 23.1 Å². The molecule has 5 rings (SSSR count). The van der Waals surface area contributed by atoms with E-state index in [0.29, 0.717) is 13.0 Å². The Hall–Kier alpha value is -1.78. The van der Waals surface area contributed by atoms with E-state index in [4.69, 9.17) is 9.47 Å². The Morgan fingerprint density at radius 3 is 2.81 bits per heavy atom. The lowest BCUT2D eigenvalue weighted by Gasteiger charge is -2.33. The second kappa shape index (κ2) is 9.79. The van der Waals surface area contributed by atoms with Crippen molar-refractivity contribution in [3.05, 3.63) is 23.6 Å². The van der Waals surface area contributed by atoms with Crippen LogP contribution in [0.1, 0.15) is 50.6 Å². The van der Waals surface area contributed by atoms with Crippen molar-refractivity contribution in [2.75, 3.05) is 31.3 Å². The summed E-state index contributed by atoms with van der Waals surface area (Å²) in [6, 6.07) is 2.76. The fourth-order valence-corrected chi connectivity index (χ4v) is 5.64. The molecule has 2 N–H and O–H groups in total. The summed E-state index contributed by atoms with van der Waals surface area (Å²) in [7, 11) is -1.19. The average molecular weight is 455 g/mol. The molecular formula is C21H31FN4O4S. The van der Waals surface area contributed by atoms with Crippen molar-refractivity contribution in [3.8, 4) is 0 Å². The highest BCUT2D eigenvalue weighted by molar-refractivity contribution is 7.82. The predicted octanol–water partition coefficient (Wildman–Crippen LogP) is 2.54. The average Bonchev–Trinajstić information content (AvgIpc) is 3.04. The zero-order chi connectivity index (χ0) is 22.0. The maximum Gasteiger partial charge on any atom is 0.410 e. The minimum Gasteiger partial charge on any atom is -0.448 e. The van der Waals surface area contributed by atoms with Gasteiger partial charge in [0.1, 0.15) is 6.61 Å². The normalized spacial score (nSPS) is 32.8. The van der Waals surface area contributed by atoms with Crippen LogP contribution in [0.2, 0.25) is 0 Å². The number of nitrogens with zero attached hydrogens (tertiary/aromatic N) is 2. The molecule has 0 aromatic carbocycles. The second-order valence-corrected chi connectivity index (χ2v) is 9.80. The van der Waals surface area contributed by atoms with Gasteiger partial charge in [-0.3, -0.25) is 4.90 Å². The number of hydrogen-bond acceptors (Lipinski definition) is 6. The van der Waals surface area contributed by atoms with Crippen LogP contribution in [0.25, 0.3) is 0 Å². The molecule has 8 nitrogen and oxygen atoms in total. The fourth-order valence-electron chi connectivity index (χ4n) is 4.96. The molecule has 4 bridgehead atoms. The first-order chi connectivity index (χ1) is 14.9. The fraction of sp³-hybridized carbons (Fsp3) is 0.714. The van der Waals surface area contributed by atoms with Crippen LogP contribution in [0.5, 0.6) is 0 Å². The van der Waals surface area contributed by atoms with Gasteiger partial charge >= 0.3 is 6.09 Å². The van der Waals surface area contributed by atoms with Gasteiger partial charge in [-0.1, -0.05) is 0 Å². The molecule has 1 saturated heterocycles. The Kier molecular flexibility index (Phi) is 7.08. The number of anilines is 1. The Balaban J connectivity index is 1.54. The van der Waals surface area contributed by atoms with E-state index < -0.39 is 22.9 Å². The lowest BCUT2D eigenvalue weighted by atomic mass is 9.85. The van der Waals surface area contributed by atoms with Crippen LogP contribution in [0, 0.1) is 5.82 Å². The smallest absolute Gasteiger partial charge is 0.410 e. The predicted molar refractivity (Wildman–Crippen MR) is 116 cm³/mol. The van der Waals surface area contributed by atoms with Gasteiger partial charge in [-0.2, -0.15) is 0 Å². The van der Waals surface area contributed by atoms with Crippen LogP contribution in [0.15, 0.2) is 12.1 Å². The molecule has 10 heteroatoms. The molecule has 4 atom stereocenters. The number of carbonyl (C=O) groups is 1. The lowest BCUT2D eigenvalue weighted by Crippen LogP contribution is -2.50. The first-order valence-corrected chi connectivity index (χ1v) is 12.5. The summed E-state index contributed by atoms with van der Waals surface area (Å²) in [5.41, 5.74) is 0.886. The molecular weight excluding hydrogens is 423 g/mol. The second-order valence-electron chi connectivity index (χ2n) is 8.65. The Labute approximate surface area is 184 Å². The maximum atomic E-state index is 14.2. The molecule has 0 spiro atoms. The summed E-state index contributed by atoms with van der Waals surface area (Å²) in [5.74, 6) is 0.0655. The quantitative estimate of drug-likeness (QED) is 0.714. The van der Waals surface area contributed by atoms with E-state index in [9.17, 15) is 13.4 Å². The van der Waals surface area contributed by atoms with Crippen molar-refractivity contribution in [2.45, 2.75) is 69.2 Å². The van der Waals surface area contributed by atoms with Crippen molar-refractivity contribution in [1.29, 1.82) is 0 Å². The number of nitrogens with one attached hydrogen (secondary N) is 2. The summed E-state index contributed by atoms with van der Waals surface area (Å²) >= 11 is 0. The standard InChI is InChI=1S/C21H31FN4O4S/c1-13-11-18(25-31(2)28)19-12-30-15-5-3-14(4-6-15)17-8-7-16(22)20(24-17)23-9-10-29-21(27)26(13)19/h7-8,13-15,18-19,25H,3-6,9-12H2,1-2H3,(H,23,24). The Morgan fingerprint density at radius 1 is 1.29 bits per heavy atom. The molecule has 31 heavy (non-hydrogen) atoms. The van der Waals surface area contributed by atoms with Crippen molar-refractivity contribution < 1.29 is 22.9 Å². The number of hydrogen-bond donors (Lipinski definition) is 2. The molecule has 1 aromatic heterocycles. The third-order valence-electron chi connectivity index (χ3n) is 6.50. The number of fused-ring (bicyclic) bond motifs is 7. The first kappa shape index (κ1) is 22.4. The molecule has 172 valence electrons. The number of aromatic nitrogens is 1. The number of rotatable bonds is 2. The molecule has 4 aliphatic rings. The van der Waals surface area contributed by atoms with Gasteiger partial charge in [0.2, 0.25) is 0 Å². The van der Waals surface area contributed by atoms with E-state index in [-0.39, 0.29) is 49.1 Å². The van der Waals surface area contributed by atoms with Gasteiger partial charge in [0.15, 0.2) is 11.6 Å². The lowest BCUT2D eigenvalue weighted by molar-refractivity contribution is -0.0103. The van der Waals surface area contributed by atoms with Crippen molar-refractivity contribution in [1.82, 2.24) is 14.6 Å². The summed E-state index contributed by atoms with van der Waals surface area (Å²) in [6.45, 7) is 2.68. The molecule has 4 unspecified atom stereocenters. The highest BCUT2D eigenvalue weighted by Gasteiger charge is 2.43. The minimum absolute atomic E-state index is 0.0690. The summed E-state index contributed by atoms with van der Waals surface area (Å²) < 4.78 is 40.8. The van der Waals surface area contributed by atoms with Crippen LogP contribution in [0.4, 0.5) is 15.0 Å². The summed E-state index contributed by atoms with van der Waals surface area (Å²) in [5, 5.41) is 2.96. The van der Waals surface area contributed by atoms with E-state index >= 15 is 0 Å². The number of amides is 1. The largest absolute Gasteiger partial charge is 0.448 e. The van der Waals surface area contributed by atoms with Gasteiger partial charge in [0.05, 0.1) is 36.3 Å². The number of carbonyl (C=O) groups excluding carboxylic acids is 1. The monoisotopic (exact) mass is 454 g/mol. The number of halogens is 1. The number of pyridine rings is 1. The van der Waals surface area contributed by atoms with Gasteiger partial charge in [0, 0.05) is 30.0 Å². The van der Waals surface area contributed by atoms with Gasteiger partial charge in [-0.15, -0.1) is 0 Å². The minimum atomic E-state index is -1.19. The van der Waals surface area contributed by atoms with Crippen molar-refractivity contribution in [2.24, 2.45) is 0 Å². The zero-order valence-electron chi connectivity index (χ0n) is 18.0. The Bertz CT molecular complexity index is 821. The summed E-state index contributed by atoms with van der Waals surface area (Å²) in [4.78, 5) is 19.0. The molecule has 0 radical (unpaired) electrons. The van der Waals surface area contributed by atoms with E-state index in [0.717, 1.165) is 31.4 Å². The number of ether oxygens (including phenoxy) is 2. The van der Waals surface area contributed by atoms with Crippen molar-refractivity contribution in [3.63, 3.8) is 0 Å². The Morgan fingerprint density at radius 2 is 2.06 bits per heavy atom. The highest BCUT2D eigenvalue weighted by Crippen LogP contribution is 2.35. The molecule has 1 saturated carbocycles. The van der Waals surface area contributed by atoms with Crippen LogP contribution in [0.3, 0.4) is 0 Å². The highest BCUT2D eigenvalue weighted by atomic mass is 32.2. The van der Waals surface area contributed by atoms with Crippen LogP contribution in [-0.4, -0.2) is 70.4 Å². The van der Waals surface area contributed by atoms with Gasteiger partial charge in [0.25, 0.3) is 0 Å². The summed E-state index contributed by atoms with van der Waals surface area (Å²) in [6.07, 6.45) is 5.56. The first-order valence-electron chi connectivity index (χ1n) is 11.0. The van der Waals surface area contributed by atoms with Crippen LogP contribution < -0.4 is 10.0 Å². The SMILES string of the molecule is CC1CC(NS(C)=O)C2COC3CCC(CC3)c3ccc(F)c(n3)NCCOC(=O)N12. The van der Waals surface area contributed by atoms with Crippen LogP contribution in [-0.2, 0) is 20.5 Å². The van der Waals surface area contributed by atoms with Crippen molar-refractivity contribution >= 4 is 22.9 Å². The molecule has 4 heterocycles. The molecule has 1 aromatic rings. The molecule has 2 fully saturated rings. The zero-order valence-corrected chi connectivity index (χ0v) is 18.8. The van der Waals surface area contributed by atoms with Crippen LogP contribution >= 0.6 is 0 Å². The molecule has 1 amide bonds. The van der Waals surface area contributed by atoms with E-state index in [1.807, 2.05) is 6.92 Å². The van der Waals surface area contributed by atoms with Gasteiger partial charge < -0.3 is 14.8 Å². The molecule has 1 aliphatic carbocycles. The third-order valence-corrected chi connectivity index (χ3v) is 7.14. The van der Waals surface area contributed by atoms with E-state index in [1.165, 1.54) is 6.07 Å². The topological polar surface area (TPSA) is 92.8 Å². The van der Waals surface area contributed by atoms with E-state index in [1.54, 1.807) is 17.2 Å². The molecule has 3 aliphatic heterocycles. The van der Waals surface area contributed by atoms with E-state index in [2.05, 4.69) is 15.0 Å². The maximum absolute atomic E-state index is 14.2.